The lowest BCUT2D eigenvalue weighted by Crippen LogP contribution is -2.30. The molecule has 0 atom stereocenters. The molecule has 0 bridgehead atoms. The molecule has 1 aromatic rings. The molecule has 0 fully saturated rings. The van der Waals surface area contributed by atoms with Crippen molar-refractivity contribution in [3.8, 4) is 0 Å². The number of hydrogen-bond acceptors (Lipinski definition) is 3. The summed E-state index contributed by atoms with van der Waals surface area (Å²) in [7, 11) is 0. The highest BCUT2D eigenvalue weighted by molar-refractivity contribution is 5.14. The largest absolute Gasteiger partial charge is 0.395 e. The van der Waals surface area contributed by atoms with Crippen molar-refractivity contribution in [3.63, 3.8) is 0 Å². The van der Waals surface area contributed by atoms with E-state index in [1.54, 1.807) is 0 Å². The first kappa shape index (κ1) is 15.2. The Hall–Kier alpha value is -0.900. The van der Waals surface area contributed by atoms with Crippen molar-refractivity contribution in [2.45, 2.75) is 20.4 Å². The van der Waals surface area contributed by atoms with Crippen LogP contribution in [0, 0.1) is 5.92 Å². The predicted molar refractivity (Wildman–Crippen MR) is 74.5 cm³/mol. The third-order valence-corrected chi connectivity index (χ3v) is 2.67. The molecule has 0 aliphatic carbocycles. The van der Waals surface area contributed by atoms with E-state index in [-0.39, 0.29) is 6.61 Å². The number of aliphatic hydroxyl groups is 1. The molecule has 0 saturated carbocycles. The third kappa shape index (κ3) is 6.74. The Kier molecular flexibility index (Phi) is 7.65. The summed E-state index contributed by atoms with van der Waals surface area (Å²) in [6.45, 7) is 8.44. The third-order valence-electron chi connectivity index (χ3n) is 2.67. The predicted octanol–water partition coefficient (Wildman–Crippen LogP) is 2.15. The second-order valence-corrected chi connectivity index (χ2v) is 4.95. The zero-order valence-electron chi connectivity index (χ0n) is 11.5. The van der Waals surface area contributed by atoms with Gasteiger partial charge in [-0.2, -0.15) is 0 Å². The van der Waals surface area contributed by atoms with Crippen LogP contribution in [0.15, 0.2) is 30.3 Å². The van der Waals surface area contributed by atoms with Gasteiger partial charge < -0.3 is 9.84 Å². The summed E-state index contributed by atoms with van der Waals surface area (Å²) in [4.78, 5) is 2.22. The smallest absolute Gasteiger partial charge is 0.0593 e. The number of rotatable bonds is 9. The molecule has 1 rings (SSSR count). The quantitative estimate of drug-likeness (QED) is 0.683. The number of ether oxygens (including phenoxy) is 1. The Balaban J connectivity index is 2.31. The molecular formula is C15H25NO2. The summed E-state index contributed by atoms with van der Waals surface area (Å²) in [6.07, 6.45) is 0. The van der Waals surface area contributed by atoms with Crippen LogP contribution in [-0.2, 0) is 11.3 Å². The van der Waals surface area contributed by atoms with Crippen LogP contribution in [0.2, 0.25) is 0 Å². The summed E-state index contributed by atoms with van der Waals surface area (Å²) in [5, 5.41) is 9.08. The van der Waals surface area contributed by atoms with Gasteiger partial charge in [-0.25, -0.2) is 0 Å². The SMILES string of the molecule is CC(C)COCCN(CCO)Cc1ccccc1. The highest BCUT2D eigenvalue weighted by atomic mass is 16.5. The second kappa shape index (κ2) is 9.09. The minimum Gasteiger partial charge on any atom is -0.395 e. The fourth-order valence-corrected chi connectivity index (χ4v) is 1.77. The van der Waals surface area contributed by atoms with Gasteiger partial charge in [-0.15, -0.1) is 0 Å². The van der Waals surface area contributed by atoms with Crippen LogP contribution in [0.1, 0.15) is 19.4 Å². The summed E-state index contributed by atoms with van der Waals surface area (Å²) >= 11 is 0. The fourth-order valence-electron chi connectivity index (χ4n) is 1.77. The molecule has 0 aliphatic rings. The maximum atomic E-state index is 9.08. The van der Waals surface area contributed by atoms with Crippen LogP contribution in [0.3, 0.4) is 0 Å². The van der Waals surface area contributed by atoms with Gasteiger partial charge >= 0.3 is 0 Å². The van der Waals surface area contributed by atoms with Gasteiger partial charge in [-0.1, -0.05) is 44.2 Å². The molecule has 0 aliphatic heterocycles. The van der Waals surface area contributed by atoms with Gasteiger partial charge in [0.15, 0.2) is 0 Å². The molecule has 0 heterocycles. The van der Waals surface area contributed by atoms with Crippen molar-refractivity contribution in [1.82, 2.24) is 4.90 Å². The minimum absolute atomic E-state index is 0.191. The molecular weight excluding hydrogens is 226 g/mol. The van der Waals surface area contributed by atoms with E-state index in [4.69, 9.17) is 9.84 Å². The van der Waals surface area contributed by atoms with Gasteiger partial charge in [0.25, 0.3) is 0 Å². The lowest BCUT2D eigenvalue weighted by molar-refractivity contribution is 0.0774. The van der Waals surface area contributed by atoms with E-state index < -0.39 is 0 Å². The minimum atomic E-state index is 0.191. The number of benzene rings is 1. The molecule has 1 N–H and O–H groups in total. The summed E-state index contributed by atoms with van der Waals surface area (Å²) in [6, 6.07) is 10.3. The molecule has 102 valence electrons. The standard InChI is InChI=1S/C15H25NO2/c1-14(2)13-18-11-9-16(8-10-17)12-15-6-4-3-5-7-15/h3-7,14,17H,8-13H2,1-2H3. The van der Waals surface area contributed by atoms with E-state index >= 15 is 0 Å². The van der Waals surface area contributed by atoms with E-state index in [1.807, 2.05) is 18.2 Å². The van der Waals surface area contributed by atoms with E-state index in [0.717, 1.165) is 26.3 Å². The van der Waals surface area contributed by atoms with E-state index in [9.17, 15) is 0 Å². The maximum absolute atomic E-state index is 9.08. The average molecular weight is 251 g/mol. The Bertz CT molecular complexity index is 301. The molecule has 0 aromatic heterocycles. The second-order valence-electron chi connectivity index (χ2n) is 4.95. The molecule has 0 unspecified atom stereocenters. The molecule has 3 nitrogen and oxygen atoms in total. The zero-order chi connectivity index (χ0) is 13.2. The van der Waals surface area contributed by atoms with Crippen molar-refractivity contribution < 1.29 is 9.84 Å². The van der Waals surface area contributed by atoms with Crippen molar-refractivity contribution in [2.75, 3.05) is 32.9 Å². The van der Waals surface area contributed by atoms with Crippen LogP contribution >= 0.6 is 0 Å². The van der Waals surface area contributed by atoms with E-state index in [0.29, 0.717) is 12.5 Å². The zero-order valence-corrected chi connectivity index (χ0v) is 11.5. The first-order valence-electron chi connectivity index (χ1n) is 6.67. The van der Waals surface area contributed by atoms with Crippen molar-refractivity contribution in [3.05, 3.63) is 35.9 Å². The normalized spacial score (nSPS) is 11.4. The van der Waals surface area contributed by atoms with Crippen molar-refractivity contribution >= 4 is 0 Å². The highest BCUT2D eigenvalue weighted by Crippen LogP contribution is 2.04. The molecule has 3 heteroatoms. The van der Waals surface area contributed by atoms with Crippen LogP contribution < -0.4 is 0 Å². The highest BCUT2D eigenvalue weighted by Gasteiger charge is 2.05. The lowest BCUT2D eigenvalue weighted by atomic mass is 10.2. The van der Waals surface area contributed by atoms with Gasteiger partial charge in [0.05, 0.1) is 13.2 Å². The summed E-state index contributed by atoms with van der Waals surface area (Å²) < 4.78 is 5.59. The lowest BCUT2D eigenvalue weighted by Gasteiger charge is -2.21. The van der Waals surface area contributed by atoms with Gasteiger partial charge in [0.2, 0.25) is 0 Å². The Morgan fingerprint density at radius 1 is 1.17 bits per heavy atom. The molecule has 1 aromatic carbocycles. The van der Waals surface area contributed by atoms with Crippen LogP contribution in [0.5, 0.6) is 0 Å². The molecule has 0 radical (unpaired) electrons. The first-order valence-corrected chi connectivity index (χ1v) is 6.67. The van der Waals surface area contributed by atoms with Crippen LogP contribution in [-0.4, -0.2) is 42.9 Å². The number of nitrogens with zero attached hydrogens (tertiary/aromatic N) is 1. The van der Waals surface area contributed by atoms with Crippen LogP contribution in [0.4, 0.5) is 0 Å². The van der Waals surface area contributed by atoms with Crippen molar-refractivity contribution in [2.24, 2.45) is 5.92 Å². The van der Waals surface area contributed by atoms with Gasteiger partial charge in [0, 0.05) is 26.2 Å². The Labute approximate surface area is 110 Å². The molecule has 0 amide bonds. The monoisotopic (exact) mass is 251 g/mol. The van der Waals surface area contributed by atoms with E-state index in [1.165, 1.54) is 5.56 Å². The molecule has 0 saturated heterocycles. The summed E-state index contributed by atoms with van der Waals surface area (Å²) in [5.74, 6) is 0.574. The average Bonchev–Trinajstić information content (AvgIpc) is 2.36. The topological polar surface area (TPSA) is 32.7 Å². The van der Waals surface area contributed by atoms with Crippen LogP contribution in [0.25, 0.3) is 0 Å². The van der Waals surface area contributed by atoms with E-state index in [2.05, 4.69) is 30.9 Å². The molecule has 18 heavy (non-hydrogen) atoms. The number of aliphatic hydroxyl groups excluding tert-OH is 1. The Morgan fingerprint density at radius 3 is 2.50 bits per heavy atom. The van der Waals surface area contributed by atoms with Gasteiger partial charge in [0.1, 0.15) is 0 Å². The van der Waals surface area contributed by atoms with Gasteiger partial charge in [-0.05, 0) is 11.5 Å². The fraction of sp³-hybridized carbons (Fsp3) is 0.600. The number of hydrogen-bond donors (Lipinski definition) is 1. The van der Waals surface area contributed by atoms with Gasteiger partial charge in [-0.3, -0.25) is 4.90 Å². The molecule has 0 spiro atoms. The first-order chi connectivity index (χ1) is 8.72. The van der Waals surface area contributed by atoms with Crippen molar-refractivity contribution in [1.29, 1.82) is 0 Å². The maximum Gasteiger partial charge on any atom is 0.0593 e. The summed E-state index contributed by atoms with van der Waals surface area (Å²) in [5.41, 5.74) is 1.27. The Morgan fingerprint density at radius 2 is 1.89 bits per heavy atom.